The maximum absolute atomic E-state index is 11.2. The van der Waals surface area contributed by atoms with Crippen LogP contribution in [0, 0.1) is 0 Å². The first-order chi connectivity index (χ1) is 6.33. The standard InChI is InChI=1S/C10H12N2O/c11-7-8-3-1-2-4-9(8)12-6-5-10(12)13/h1-4H,5-7,11H2. The fourth-order valence-corrected chi connectivity index (χ4v) is 1.52. The molecule has 0 unspecified atom stereocenters. The predicted octanol–water partition coefficient (Wildman–Crippen LogP) is 0.882. The summed E-state index contributed by atoms with van der Waals surface area (Å²) in [6, 6.07) is 7.77. The third-order valence-electron chi connectivity index (χ3n) is 2.35. The molecule has 1 aromatic carbocycles. The molecule has 2 rings (SSSR count). The summed E-state index contributed by atoms with van der Waals surface area (Å²) in [6.07, 6.45) is 0.666. The maximum Gasteiger partial charge on any atom is 0.228 e. The van der Waals surface area contributed by atoms with Crippen molar-refractivity contribution in [3.05, 3.63) is 29.8 Å². The Balaban J connectivity index is 2.33. The topological polar surface area (TPSA) is 46.3 Å². The van der Waals surface area contributed by atoms with Crippen molar-refractivity contribution < 1.29 is 4.79 Å². The molecule has 1 saturated heterocycles. The van der Waals surface area contributed by atoms with E-state index in [9.17, 15) is 4.79 Å². The van der Waals surface area contributed by atoms with E-state index in [2.05, 4.69) is 0 Å². The largest absolute Gasteiger partial charge is 0.326 e. The molecule has 0 radical (unpaired) electrons. The minimum Gasteiger partial charge on any atom is -0.326 e. The van der Waals surface area contributed by atoms with Crippen LogP contribution in [0.4, 0.5) is 5.69 Å². The van der Waals surface area contributed by atoms with Crippen LogP contribution in [0.5, 0.6) is 0 Å². The Bertz CT molecular complexity index is 335. The number of amides is 1. The predicted molar refractivity (Wildman–Crippen MR) is 51.3 cm³/mol. The van der Waals surface area contributed by atoms with E-state index in [4.69, 9.17) is 5.73 Å². The van der Waals surface area contributed by atoms with Gasteiger partial charge in [0.25, 0.3) is 0 Å². The van der Waals surface area contributed by atoms with Gasteiger partial charge >= 0.3 is 0 Å². The monoisotopic (exact) mass is 176 g/mol. The van der Waals surface area contributed by atoms with Gasteiger partial charge in [-0.2, -0.15) is 0 Å². The van der Waals surface area contributed by atoms with Crippen LogP contribution >= 0.6 is 0 Å². The first-order valence-corrected chi connectivity index (χ1v) is 4.41. The summed E-state index contributed by atoms with van der Waals surface area (Å²) in [4.78, 5) is 13.0. The summed E-state index contributed by atoms with van der Waals surface area (Å²) >= 11 is 0. The van der Waals surface area contributed by atoms with Gasteiger partial charge in [-0.15, -0.1) is 0 Å². The van der Waals surface area contributed by atoms with Crippen LogP contribution in [0.15, 0.2) is 24.3 Å². The fourth-order valence-electron chi connectivity index (χ4n) is 1.52. The fraction of sp³-hybridized carbons (Fsp3) is 0.300. The minimum atomic E-state index is 0.195. The van der Waals surface area contributed by atoms with Gasteiger partial charge in [0.15, 0.2) is 0 Å². The first-order valence-electron chi connectivity index (χ1n) is 4.41. The van der Waals surface area contributed by atoms with Crippen LogP contribution in [0.25, 0.3) is 0 Å². The van der Waals surface area contributed by atoms with Gasteiger partial charge in [-0.3, -0.25) is 4.79 Å². The molecule has 0 aliphatic carbocycles. The Morgan fingerprint density at radius 2 is 2.15 bits per heavy atom. The van der Waals surface area contributed by atoms with E-state index in [1.807, 2.05) is 24.3 Å². The van der Waals surface area contributed by atoms with Crippen LogP contribution < -0.4 is 10.6 Å². The second-order valence-electron chi connectivity index (χ2n) is 3.13. The number of nitrogens with zero attached hydrogens (tertiary/aromatic N) is 1. The number of carbonyl (C=O) groups is 1. The van der Waals surface area contributed by atoms with Crippen molar-refractivity contribution in [3.63, 3.8) is 0 Å². The number of benzene rings is 1. The summed E-state index contributed by atoms with van der Waals surface area (Å²) in [5.41, 5.74) is 7.59. The Labute approximate surface area is 77.1 Å². The molecule has 1 aliphatic heterocycles. The van der Waals surface area contributed by atoms with Crippen molar-refractivity contribution in [3.8, 4) is 0 Å². The smallest absolute Gasteiger partial charge is 0.228 e. The van der Waals surface area contributed by atoms with Gasteiger partial charge in [-0.05, 0) is 11.6 Å². The van der Waals surface area contributed by atoms with Gasteiger partial charge in [-0.25, -0.2) is 0 Å². The first kappa shape index (κ1) is 8.26. The highest BCUT2D eigenvalue weighted by Gasteiger charge is 2.26. The van der Waals surface area contributed by atoms with E-state index in [-0.39, 0.29) is 5.91 Å². The molecule has 1 amide bonds. The van der Waals surface area contributed by atoms with Crippen molar-refractivity contribution in [2.45, 2.75) is 13.0 Å². The third-order valence-corrected chi connectivity index (χ3v) is 2.35. The van der Waals surface area contributed by atoms with Crippen LogP contribution in [0.3, 0.4) is 0 Å². The van der Waals surface area contributed by atoms with E-state index in [1.165, 1.54) is 0 Å². The second kappa shape index (κ2) is 3.18. The molecular weight excluding hydrogens is 164 g/mol. The third kappa shape index (κ3) is 1.31. The molecule has 0 aromatic heterocycles. The molecule has 1 fully saturated rings. The second-order valence-corrected chi connectivity index (χ2v) is 3.13. The molecule has 1 aromatic rings. The Morgan fingerprint density at radius 3 is 2.69 bits per heavy atom. The van der Waals surface area contributed by atoms with Gasteiger partial charge in [0, 0.05) is 25.2 Å². The molecule has 0 spiro atoms. The molecule has 0 saturated carbocycles. The summed E-state index contributed by atoms with van der Waals surface area (Å²) in [5.74, 6) is 0.195. The van der Waals surface area contributed by atoms with Gasteiger partial charge in [0.1, 0.15) is 0 Å². The van der Waals surface area contributed by atoms with Crippen LogP contribution in [-0.2, 0) is 11.3 Å². The summed E-state index contributed by atoms with van der Waals surface area (Å²) in [7, 11) is 0. The number of hydrogen-bond acceptors (Lipinski definition) is 2. The lowest BCUT2D eigenvalue weighted by molar-refractivity contribution is -0.122. The molecule has 68 valence electrons. The molecule has 0 bridgehead atoms. The average Bonchev–Trinajstić information content (AvgIpc) is 2.16. The van der Waals surface area contributed by atoms with Crippen molar-refractivity contribution in [1.82, 2.24) is 0 Å². The van der Waals surface area contributed by atoms with E-state index < -0.39 is 0 Å². The molecule has 1 aliphatic rings. The summed E-state index contributed by atoms with van der Waals surface area (Å²) in [5, 5.41) is 0. The average molecular weight is 176 g/mol. The van der Waals surface area contributed by atoms with E-state index in [0.29, 0.717) is 13.0 Å². The molecule has 3 heteroatoms. The lowest BCUT2D eigenvalue weighted by atomic mass is 10.1. The Kier molecular flexibility index (Phi) is 2.02. The molecule has 2 N–H and O–H groups in total. The van der Waals surface area contributed by atoms with Crippen molar-refractivity contribution in [2.75, 3.05) is 11.4 Å². The van der Waals surface area contributed by atoms with Crippen molar-refractivity contribution >= 4 is 11.6 Å². The molecule has 3 nitrogen and oxygen atoms in total. The number of rotatable bonds is 2. The van der Waals surface area contributed by atoms with Crippen LogP contribution in [0.2, 0.25) is 0 Å². The van der Waals surface area contributed by atoms with Gasteiger partial charge in [0.05, 0.1) is 0 Å². The normalized spacial score (nSPS) is 15.8. The van der Waals surface area contributed by atoms with E-state index >= 15 is 0 Å². The number of carbonyl (C=O) groups excluding carboxylic acids is 1. The number of hydrogen-bond donors (Lipinski definition) is 1. The SMILES string of the molecule is NCc1ccccc1N1CCC1=O. The highest BCUT2D eigenvalue weighted by molar-refractivity contribution is 5.99. The molecule has 13 heavy (non-hydrogen) atoms. The van der Waals surface area contributed by atoms with E-state index in [1.54, 1.807) is 4.90 Å². The highest BCUT2D eigenvalue weighted by Crippen LogP contribution is 2.25. The summed E-state index contributed by atoms with van der Waals surface area (Å²) in [6.45, 7) is 1.32. The zero-order valence-electron chi connectivity index (χ0n) is 7.36. The number of β-lactam (4-membered cyclic amide) rings is 1. The lowest BCUT2D eigenvalue weighted by Crippen LogP contribution is -2.44. The van der Waals surface area contributed by atoms with Crippen LogP contribution in [-0.4, -0.2) is 12.5 Å². The highest BCUT2D eigenvalue weighted by atomic mass is 16.2. The molecular formula is C10H12N2O. The Morgan fingerprint density at radius 1 is 1.38 bits per heavy atom. The van der Waals surface area contributed by atoms with Gasteiger partial charge in [0.2, 0.25) is 5.91 Å². The molecule has 0 atom stereocenters. The Hall–Kier alpha value is -1.35. The number of anilines is 1. The zero-order chi connectivity index (χ0) is 9.26. The van der Waals surface area contributed by atoms with Gasteiger partial charge in [-0.1, -0.05) is 18.2 Å². The van der Waals surface area contributed by atoms with Gasteiger partial charge < -0.3 is 10.6 Å². The minimum absolute atomic E-state index is 0.195. The quantitative estimate of drug-likeness (QED) is 0.680. The number of nitrogens with two attached hydrogens (primary N) is 1. The number of para-hydroxylation sites is 1. The van der Waals surface area contributed by atoms with Crippen molar-refractivity contribution in [2.24, 2.45) is 5.73 Å². The summed E-state index contributed by atoms with van der Waals surface area (Å²) < 4.78 is 0. The van der Waals surface area contributed by atoms with E-state index in [0.717, 1.165) is 17.8 Å². The maximum atomic E-state index is 11.2. The van der Waals surface area contributed by atoms with Crippen molar-refractivity contribution in [1.29, 1.82) is 0 Å². The molecule has 1 heterocycles. The lowest BCUT2D eigenvalue weighted by Gasteiger charge is -2.32. The van der Waals surface area contributed by atoms with Crippen LogP contribution in [0.1, 0.15) is 12.0 Å². The zero-order valence-corrected chi connectivity index (χ0v) is 7.36.